The molecule has 0 atom stereocenters. The van der Waals surface area contributed by atoms with Crippen LogP contribution in [-0.2, 0) is 16.0 Å². The van der Waals surface area contributed by atoms with Gasteiger partial charge in [-0.2, -0.15) is 0 Å². The third-order valence-electron chi connectivity index (χ3n) is 3.73. The van der Waals surface area contributed by atoms with E-state index in [4.69, 9.17) is 0 Å². The van der Waals surface area contributed by atoms with Crippen LogP contribution >= 0.6 is 0 Å². The molecule has 0 unspecified atom stereocenters. The molecule has 1 aliphatic heterocycles. The molecule has 0 radical (unpaired) electrons. The Labute approximate surface area is 128 Å². The third-order valence-corrected chi connectivity index (χ3v) is 3.73. The average Bonchev–Trinajstić information content (AvgIpc) is 2.94. The number of fused-ring (bicyclic) bond motifs is 1. The van der Waals surface area contributed by atoms with Gasteiger partial charge >= 0.3 is 11.8 Å². The number of amides is 2. The van der Waals surface area contributed by atoms with Gasteiger partial charge in [0.15, 0.2) is 0 Å². The maximum atomic E-state index is 12.3. The quantitative estimate of drug-likeness (QED) is 0.626. The smallest absolute Gasteiger partial charge is 0.316 e. The summed E-state index contributed by atoms with van der Waals surface area (Å²) in [5.74, 6) is -1.43. The number of anilines is 2. The van der Waals surface area contributed by atoms with Crippen molar-refractivity contribution in [2.75, 3.05) is 16.8 Å². The van der Waals surface area contributed by atoms with Crippen LogP contribution in [0.1, 0.15) is 11.1 Å². The first-order valence-electron chi connectivity index (χ1n) is 7.06. The molecular weight excluding hydrogens is 280 g/mol. The molecule has 0 saturated heterocycles. The molecule has 2 aromatic carbocycles. The Kier molecular flexibility index (Phi) is 3.55. The number of aromatic hydroxyl groups is 1. The van der Waals surface area contributed by atoms with Gasteiger partial charge in [0.1, 0.15) is 5.75 Å². The minimum absolute atomic E-state index is 0.0615. The minimum Gasteiger partial charge on any atom is -0.506 e. The summed E-state index contributed by atoms with van der Waals surface area (Å²) in [7, 11) is 0. The van der Waals surface area contributed by atoms with Crippen molar-refractivity contribution in [1.29, 1.82) is 0 Å². The zero-order valence-corrected chi connectivity index (χ0v) is 12.2. The summed E-state index contributed by atoms with van der Waals surface area (Å²) < 4.78 is 0. The van der Waals surface area contributed by atoms with E-state index in [0.29, 0.717) is 6.54 Å². The van der Waals surface area contributed by atoms with Crippen molar-refractivity contribution in [3.63, 3.8) is 0 Å². The summed E-state index contributed by atoms with van der Waals surface area (Å²) in [4.78, 5) is 26.0. The highest BCUT2D eigenvalue weighted by molar-refractivity contribution is 6.44. The monoisotopic (exact) mass is 296 g/mol. The van der Waals surface area contributed by atoms with Crippen LogP contribution in [0.4, 0.5) is 11.4 Å². The Morgan fingerprint density at radius 1 is 1.18 bits per heavy atom. The molecule has 0 aliphatic carbocycles. The molecule has 22 heavy (non-hydrogen) atoms. The topological polar surface area (TPSA) is 69.6 Å². The van der Waals surface area contributed by atoms with Gasteiger partial charge in [0, 0.05) is 12.2 Å². The largest absolute Gasteiger partial charge is 0.506 e. The van der Waals surface area contributed by atoms with E-state index in [-0.39, 0.29) is 11.4 Å². The molecule has 2 amide bonds. The molecule has 112 valence electrons. The molecule has 5 nitrogen and oxygen atoms in total. The molecule has 5 heteroatoms. The van der Waals surface area contributed by atoms with E-state index in [1.165, 1.54) is 11.0 Å². The second-order valence-corrected chi connectivity index (χ2v) is 5.31. The fraction of sp³-hybridized carbons (Fsp3) is 0.176. The lowest BCUT2D eigenvalue weighted by Gasteiger charge is -2.17. The van der Waals surface area contributed by atoms with E-state index in [9.17, 15) is 14.7 Å². The zero-order chi connectivity index (χ0) is 15.7. The maximum absolute atomic E-state index is 12.3. The van der Waals surface area contributed by atoms with Crippen LogP contribution in [0, 0.1) is 6.92 Å². The second kappa shape index (κ2) is 5.52. The van der Waals surface area contributed by atoms with Crippen LogP contribution in [0.25, 0.3) is 0 Å². The van der Waals surface area contributed by atoms with Crippen LogP contribution in [0.3, 0.4) is 0 Å². The van der Waals surface area contributed by atoms with E-state index in [0.717, 1.165) is 23.2 Å². The van der Waals surface area contributed by atoms with Gasteiger partial charge in [0.05, 0.1) is 5.69 Å². The molecule has 0 bridgehead atoms. The lowest BCUT2D eigenvalue weighted by Crippen LogP contribution is -2.38. The Hall–Kier alpha value is -2.82. The number of para-hydroxylation sites is 1. The van der Waals surface area contributed by atoms with Crippen LogP contribution in [0.5, 0.6) is 5.75 Å². The van der Waals surface area contributed by atoms with Crippen LogP contribution in [-0.4, -0.2) is 23.5 Å². The first-order valence-corrected chi connectivity index (χ1v) is 7.06. The highest BCUT2D eigenvalue weighted by Crippen LogP contribution is 2.28. The normalized spacial score (nSPS) is 12.9. The van der Waals surface area contributed by atoms with Crippen molar-refractivity contribution in [3.05, 3.63) is 53.6 Å². The standard InChI is InChI=1S/C17H16N2O3/c1-11-6-7-15(20)13(10-11)18-16(21)17(22)19-9-8-12-4-2-3-5-14(12)19/h2-7,10,20H,8-9H2,1H3,(H,18,21). The number of hydrogen-bond acceptors (Lipinski definition) is 3. The number of phenolic OH excluding ortho intramolecular Hbond substituents is 1. The summed E-state index contributed by atoms with van der Waals surface area (Å²) in [5, 5.41) is 12.2. The first kappa shape index (κ1) is 14.1. The van der Waals surface area contributed by atoms with E-state index >= 15 is 0 Å². The Morgan fingerprint density at radius 3 is 2.77 bits per heavy atom. The highest BCUT2D eigenvalue weighted by Gasteiger charge is 2.29. The molecule has 0 saturated carbocycles. The summed E-state index contributed by atoms with van der Waals surface area (Å²) >= 11 is 0. The molecule has 0 aromatic heterocycles. The molecule has 3 rings (SSSR count). The first-order chi connectivity index (χ1) is 10.6. The average molecular weight is 296 g/mol. The number of carbonyl (C=O) groups is 2. The zero-order valence-electron chi connectivity index (χ0n) is 12.2. The molecule has 2 N–H and O–H groups in total. The number of rotatable bonds is 1. The van der Waals surface area contributed by atoms with Gasteiger partial charge in [-0.25, -0.2) is 0 Å². The Bertz CT molecular complexity index is 755. The molecule has 0 fully saturated rings. The Morgan fingerprint density at radius 2 is 1.95 bits per heavy atom. The molecule has 2 aromatic rings. The fourth-order valence-electron chi connectivity index (χ4n) is 2.60. The highest BCUT2D eigenvalue weighted by atomic mass is 16.3. The van der Waals surface area contributed by atoms with Crippen molar-refractivity contribution in [2.24, 2.45) is 0 Å². The van der Waals surface area contributed by atoms with Crippen LogP contribution < -0.4 is 10.2 Å². The van der Waals surface area contributed by atoms with Gasteiger partial charge in [0.25, 0.3) is 0 Å². The number of nitrogens with zero attached hydrogens (tertiary/aromatic N) is 1. The lowest BCUT2D eigenvalue weighted by molar-refractivity contribution is -0.134. The molecular formula is C17H16N2O3. The van der Waals surface area contributed by atoms with E-state index in [1.54, 1.807) is 12.1 Å². The van der Waals surface area contributed by atoms with Gasteiger partial charge in [-0.1, -0.05) is 24.3 Å². The SMILES string of the molecule is Cc1ccc(O)c(NC(=O)C(=O)N2CCc3ccccc32)c1. The predicted octanol–water partition coefficient (Wildman–Crippen LogP) is 2.23. The summed E-state index contributed by atoms with van der Waals surface area (Å²) in [5.41, 5.74) is 2.95. The van der Waals surface area contributed by atoms with Crippen molar-refractivity contribution in [1.82, 2.24) is 0 Å². The van der Waals surface area contributed by atoms with Gasteiger partial charge < -0.3 is 15.3 Å². The third kappa shape index (κ3) is 2.53. The van der Waals surface area contributed by atoms with Crippen molar-refractivity contribution in [2.45, 2.75) is 13.3 Å². The summed E-state index contributed by atoms with van der Waals surface area (Å²) in [6.45, 7) is 2.33. The van der Waals surface area contributed by atoms with Gasteiger partial charge in [-0.05, 0) is 42.7 Å². The second-order valence-electron chi connectivity index (χ2n) is 5.31. The molecule has 1 aliphatic rings. The summed E-state index contributed by atoms with van der Waals surface area (Å²) in [6.07, 6.45) is 0.741. The van der Waals surface area contributed by atoms with Crippen LogP contribution in [0.15, 0.2) is 42.5 Å². The minimum atomic E-state index is -0.752. The predicted molar refractivity (Wildman–Crippen MR) is 84.0 cm³/mol. The van der Waals surface area contributed by atoms with Crippen molar-refractivity contribution < 1.29 is 14.7 Å². The number of phenols is 1. The van der Waals surface area contributed by atoms with E-state index < -0.39 is 11.8 Å². The van der Waals surface area contributed by atoms with Crippen molar-refractivity contribution >= 4 is 23.2 Å². The van der Waals surface area contributed by atoms with Gasteiger partial charge in [-0.3, -0.25) is 9.59 Å². The van der Waals surface area contributed by atoms with Crippen LogP contribution in [0.2, 0.25) is 0 Å². The number of nitrogens with one attached hydrogen (secondary N) is 1. The summed E-state index contributed by atoms with van der Waals surface area (Å²) in [6, 6.07) is 12.4. The molecule has 1 heterocycles. The lowest BCUT2D eigenvalue weighted by atomic mass is 10.2. The van der Waals surface area contributed by atoms with E-state index in [1.807, 2.05) is 31.2 Å². The molecule has 0 spiro atoms. The fourth-order valence-corrected chi connectivity index (χ4v) is 2.60. The number of aryl methyl sites for hydroxylation is 1. The number of hydrogen-bond donors (Lipinski definition) is 2. The Balaban J connectivity index is 1.79. The van der Waals surface area contributed by atoms with Gasteiger partial charge in [-0.15, -0.1) is 0 Å². The van der Waals surface area contributed by atoms with Crippen molar-refractivity contribution in [3.8, 4) is 5.75 Å². The number of benzene rings is 2. The van der Waals surface area contributed by atoms with E-state index in [2.05, 4.69) is 5.32 Å². The van der Waals surface area contributed by atoms with Gasteiger partial charge in [0.2, 0.25) is 0 Å². The number of carbonyl (C=O) groups excluding carboxylic acids is 2. The maximum Gasteiger partial charge on any atom is 0.316 e.